The number of benzene rings is 2. The highest BCUT2D eigenvalue weighted by Crippen LogP contribution is 2.30. The smallest absolute Gasteiger partial charge is 0.312 e. The highest BCUT2D eigenvalue weighted by Gasteiger charge is 2.20. The Kier molecular flexibility index (Phi) is 4.76. The van der Waals surface area contributed by atoms with Crippen molar-refractivity contribution in [2.75, 3.05) is 0 Å². The molecule has 24 heavy (non-hydrogen) atoms. The Morgan fingerprint density at radius 1 is 1.00 bits per heavy atom. The van der Waals surface area contributed by atoms with Crippen LogP contribution in [0.15, 0.2) is 47.4 Å². The maximum absolute atomic E-state index is 11.2. The molecule has 0 saturated heterocycles. The molecule has 0 heterocycles. The summed E-state index contributed by atoms with van der Waals surface area (Å²) in [5.41, 5.74) is -0.101. The van der Waals surface area contributed by atoms with Crippen LogP contribution in [-0.4, -0.2) is 18.3 Å². The fourth-order valence-corrected chi connectivity index (χ4v) is 2.35. The van der Waals surface area contributed by atoms with Gasteiger partial charge in [0.1, 0.15) is 6.61 Å². The molecule has 0 aromatic heterocycles. The van der Waals surface area contributed by atoms with Gasteiger partial charge < -0.3 is 4.74 Å². The number of nitro benzene ring substituents is 2. The minimum atomic E-state index is -4.08. The topological polar surface area (TPSA) is 156 Å². The number of nitro groups is 2. The van der Waals surface area contributed by atoms with Gasteiger partial charge in [-0.25, -0.2) is 13.6 Å². The zero-order valence-corrected chi connectivity index (χ0v) is 12.8. The van der Waals surface area contributed by atoms with E-state index in [9.17, 15) is 28.6 Å². The second kappa shape index (κ2) is 6.60. The summed E-state index contributed by atoms with van der Waals surface area (Å²) < 4.78 is 27.8. The molecule has 0 radical (unpaired) electrons. The molecular formula is C13H11N3O7S. The number of nitrogens with zero attached hydrogens (tertiary/aromatic N) is 2. The fourth-order valence-electron chi connectivity index (χ4n) is 1.81. The summed E-state index contributed by atoms with van der Waals surface area (Å²) in [5.74, 6) is -0.147. The summed E-state index contributed by atoms with van der Waals surface area (Å²) in [6.07, 6.45) is 0. The number of hydrogen-bond acceptors (Lipinski definition) is 7. The molecule has 0 spiro atoms. The normalized spacial score (nSPS) is 11.0. The number of rotatable bonds is 6. The van der Waals surface area contributed by atoms with E-state index in [0.717, 1.165) is 18.2 Å². The molecular weight excluding hydrogens is 342 g/mol. The van der Waals surface area contributed by atoms with E-state index in [1.807, 2.05) is 0 Å². The first-order valence-corrected chi connectivity index (χ1v) is 7.90. The molecule has 2 aromatic rings. The SMILES string of the molecule is NS(=O)(=O)c1ccc(OCc2ccc([N+](=O)[O-])cc2)c([N+](=O)[O-])c1. The van der Waals surface area contributed by atoms with Gasteiger partial charge in [0.15, 0.2) is 5.75 Å². The molecule has 2 N–H and O–H groups in total. The predicted molar refractivity (Wildman–Crippen MR) is 81.9 cm³/mol. The van der Waals surface area contributed by atoms with Gasteiger partial charge in [-0.1, -0.05) is 0 Å². The van der Waals surface area contributed by atoms with Gasteiger partial charge in [0.2, 0.25) is 10.0 Å². The van der Waals surface area contributed by atoms with E-state index in [0.29, 0.717) is 5.56 Å². The quantitative estimate of drug-likeness (QED) is 0.612. The lowest BCUT2D eigenvalue weighted by Crippen LogP contribution is -2.12. The number of hydrogen-bond donors (Lipinski definition) is 1. The molecule has 0 aliphatic carbocycles. The Hall–Kier alpha value is -3.05. The molecule has 0 unspecified atom stereocenters. The van der Waals surface area contributed by atoms with Crippen LogP contribution in [-0.2, 0) is 16.6 Å². The van der Waals surface area contributed by atoms with Gasteiger partial charge in [-0.3, -0.25) is 20.2 Å². The van der Waals surface area contributed by atoms with Gasteiger partial charge in [0, 0.05) is 18.2 Å². The molecule has 0 aliphatic rings. The van der Waals surface area contributed by atoms with Crippen molar-refractivity contribution in [3.8, 4) is 5.75 Å². The third-order valence-electron chi connectivity index (χ3n) is 3.00. The summed E-state index contributed by atoms with van der Waals surface area (Å²) in [6.45, 7) is -0.0897. The van der Waals surface area contributed by atoms with E-state index in [-0.39, 0.29) is 18.0 Å². The van der Waals surface area contributed by atoms with Crippen LogP contribution in [0.4, 0.5) is 11.4 Å². The first-order chi connectivity index (χ1) is 11.2. The van der Waals surface area contributed by atoms with Crippen LogP contribution in [0.2, 0.25) is 0 Å². The molecule has 0 bridgehead atoms. The highest BCUT2D eigenvalue weighted by molar-refractivity contribution is 7.89. The van der Waals surface area contributed by atoms with E-state index in [4.69, 9.17) is 9.88 Å². The first kappa shape index (κ1) is 17.3. The van der Waals surface area contributed by atoms with Crippen LogP contribution in [0.5, 0.6) is 5.75 Å². The molecule has 126 valence electrons. The van der Waals surface area contributed by atoms with E-state index >= 15 is 0 Å². The molecule has 0 fully saturated rings. The number of primary sulfonamides is 1. The van der Waals surface area contributed by atoms with Crippen molar-refractivity contribution in [2.45, 2.75) is 11.5 Å². The number of nitrogens with two attached hydrogens (primary N) is 1. The van der Waals surface area contributed by atoms with Gasteiger partial charge in [-0.15, -0.1) is 0 Å². The van der Waals surface area contributed by atoms with Crippen LogP contribution in [0.3, 0.4) is 0 Å². The van der Waals surface area contributed by atoms with Crippen LogP contribution in [0.25, 0.3) is 0 Å². The van der Waals surface area contributed by atoms with Crippen molar-refractivity contribution in [3.63, 3.8) is 0 Å². The molecule has 0 atom stereocenters. The van der Waals surface area contributed by atoms with Crippen LogP contribution in [0, 0.1) is 20.2 Å². The number of ether oxygens (including phenoxy) is 1. The first-order valence-electron chi connectivity index (χ1n) is 6.36. The Morgan fingerprint density at radius 3 is 2.12 bits per heavy atom. The molecule has 2 aromatic carbocycles. The van der Waals surface area contributed by atoms with Crippen molar-refractivity contribution in [2.24, 2.45) is 5.14 Å². The van der Waals surface area contributed by atoms with E-state index < -0.39 is 30.5 Å². The Morgan fingerprint density at radius 2 is 1.62 bits per heavy atom. The van der Waals surface area contributed by atoms with Gasteiger partial charge >= 0.3 is 5.69 Å². The average Bonchev–Trinajstić information content (AvgIpc) is 2.52. The van der Waals surface area contributed by atoms with Gasteiger partial charge in [-0.05, 0) is 29.8 Å². The maximum atomic E-state index is 11.2. The molecule has 0 amide bonds. The van der Waals surface area contributed by atoms with Crippen molar-refractivity contribution in [1.82, 2.24) is 0 Å². The molecule has 0 saturated carbocycles. The van der Waals surface area contributed by atoms with Gasteiger partial charge in [-0.2, -0.15) is 0 Å². The van der Waals surface area contributed by atoms with Gasteiger partial charge in [0.05, 0.1) is 14.7 Å². The highest BCUT2D eigenvalue weighted by atomic mass is 32.2. The Bertz CT molecular complexity index is 894. The number of non-ortho nitro benzene ring substituents is 1. The number of sulfonamides is 1. The summed E-state index contributed by atoms with van der Waals surface area (Å²) in [5, 5.41) is 26.5. The van der Waals surface area contributed by atoms with E-state index in [1.54, 1.807) is 0 Å². The molecule has 11 heteroatoms. The summed E-state index contributed by atoms with van der Waals surface area (Å²) >= 11 is 0. The second-order valence-electron chi connectivity index (χ2n) is 4.64. The van der Waals surface area contributed by atoms with Gasteiger partial charge in [0.25, 0.3) is 5.69 Å². The van der Waals surface area contributed by atoms with Crippen molar-refractivity contribution < 1.29 is 23.0 Å². The van der Waals surface area contributed by atoms with Crippen molar-refractivity contribution in [1.29, 1.82) is 0 Å². The third-order valence-corrected chi connectivity index (χ3v) is 3.91. The monoisotopic (exact) mass is 353 g/mol. The lowest BCUT2D eigenvalue weighted by molar-refractivity contribution is -0.386. The lowest BCUT2D eigenvalue weighted by Gasteiger charge is -2.08. The zero-order valence-electron chi connectivity index (χ0n) is 12.0. The minimum Gasteiger partial charge on any atom is -0.482 e. The Balaban J connectivity index is 2.23. The second-order valence-corrected chi connectivity index (χ2v) is 6.21. The minimum absolute atomic E-state index is 0.0897. The third kappa shape index (κ3) is 4.02. The lowest BCUT2D eigenvalue weighted by atomic mass is 10.2. The summed E-state index contributed by atoms with van der Waals surface area (Å²) in [6, 6.07) is 8.47. The fraction of sp³-hybridized carbons (Fsp3) is 0.0769. The molecule has 2 rings (SSSR count). The van der Waals surface area contributed by atoms with Crippen LogP contribution < -0.4 is 9.88 Å². The van der Waals surface area contributed by atoms with E-state index in [1.165, 1.54) is 24.3 Å². The average molecular weight is 353 g/mol. The molecule has 10 nitrogen and oxygen atoms in total. The largest absolute Gasteiger partial charge is 0.482 e. The maximum Gasteiger partial charge on any atom is 0.312 e. The Labute approximate surface area is 135 Å². The van der Waals surface area contributed by atoms with Crippen LogP contribution >= 0.6 is 0 Å². The van der Waals surface area contributed by atoms with E-state index in [2.05, 4.69) is 0 Å². The standard InChI is InChI=1S/C13H11N3O7S/c14-24(21,22)11-5-6-13(12(7-11)16(19)20)23-8-9-1-3-10(4-2-9)15(17)18/h1-7H,8H2,(H2,14,21,22). The summed E-state index contributed by atoms with van der Waals surface area (Å²) in [4.78, 5) is 19.9. The van der Waals surface area contributed by atoms with Crippen LogP contribution in [0.1, 0.15) is 5.56 Å². The summed E-state index contributed by atoms with van der Waals surface area (Å²) in [7, 11) is -4.08. The van der Waals surface area contributed by atoms with Crippen molar-refractivity contribution >= 4 is 21.4 Å². The molecule has 0 aliphatic heterocycles. The van der Waals surface area contributed by atoms with Crippen molar-refractivity contribution in [3.05, 3.63) is 68.3 Å². The zero-order chi connectivity index (χ0) is 17.9. The predicted octanol–water partition coefficient (Wildman–Crippen LogP) is 1.73.